The number of benzene rings is 2. The highest BCUT2D eigenvalue weighted by Crippen LogP contribution is 2.29. The number of carbonyl (C=O) groups is 1. The Kier molecular flexibility index (Phi) is 5.46. The van der Waals surface area contributed by atoms with Gasteiger partial charge < -0.3 is 19.9 Å². The Morgan fingerprint density at radius 2 is 1.70 bits per heavy atom. The average Bonchev–Trinajstić information content (AvgIpc) is 2.58. The second kappa shape index (κ2) is 7.54. The van der Waals surface area contributed by atoms with Crippen molar-refractivity contribution in [3.63, 3.8) is 0 Å². The molecule has 2 N–H and O–H groups in total. The molecule has 5 nitrogen and oxygen atoms in total. The fourth-order valence-corrected chi connectivity index (χ4v) is 2.53. The molecule has 0 saturated carbocycles. The van der Waals surface area contributed by atoms with Gasteiger partial charge in [-0.25, -0.2) is 0 Å². The monoisotopic (exact) mass is 315 g/mol. The molecule has 5 heteroatoms. The van der Waals surface area contributed by atoms with E-state index in [0.29, 0.717) is 22.8 Å². The fraction of sp³-hybridized carbons (Fsp3) is 0.278. The number of amides is 1. The van der Waals surface area contributed by atoms with Gasteiger partial charge in [0.15, 0.2) is 11.5 Å². The number of hydrogen-bond donors (Lipinski definition) is 1. The van der Waals surface area contributed by atoms with Crippen molar-refractivity contribution in [2.24, 2.45) is 5.73 Å². The first kappa shape index (κ1) is 16.7. The first-order chi connectivity index (χ1) is 11.1. The van der Waals surface area contributed by atoms with Gasteiger partial charge in [-0.15, -0.1) is 0 Å². The Morgan fingerprint density at radius 3 is 2.30 bits per heavy atom. The largest absolute Gasteiger partial charge is 0.496 e. The summed E-state index contributed by atoms with van der Waals surface area (Å²) in [6.07, 6.45) is 1.50. The Morgan fingerprint density at radius 1 is 0.957 bits per heavy atom. The van der Waals surface area contributed by atoms with Crippen LogP contribution in [0.15, 0.2) is 36.4 Å². The lowest BCUT2D eigenvalue weighted by atomic mass is 10.0. The summed E-state index contributed by atoms with van der Waals surface area (Å²) in [6, 6.07) is 11.2. The van der Waals surface area contributed by atoms with Crippen molar-refractivity contribution in [2.75, 3.05) is 21.3 Å². The molecule has 0 saturated heterocycles. The van der Waals surface area contributed by atoms with E-state index < -0.39 is 5.91 Å². The Bertz CT molecular complexity index is 697. The van der Waals surface area contributed by atoms with Crippen molar-refractivity contribution >= 4 is 5.91 Å². The van der Waals surface area contributed by atoms with Crippen LogP contribution in [0, 0.1) is 0 Å². The highest BCUT2D eigenvalue weighted by atomic mass is 16.5. The molecular formula is C18H21NO4. The summed E-state index contributed by atoms with van der Waals surface area (Å²) in [6.45, 7) is 0. The summed E-state index contributed by atoms with van der Waals surface area (Å²) in [7, 11) is 4.76. The van der Waals surface area contributed by atoms with Crippen molar-refractivity contribution in [1.29, 1.82) is 0 Å². The smallest absolute Gasteiger partial charge is 0.252 e. The number of aryl methyl sites for hydroxylation is 2. The maximum atomic E-state index is 11.5. The zero-order valence-electron chi connectivity index (χ0n) is 13.6. The van der Waals surface area contributed by atoms with E-state index in [4.69, 9.17) is 19.9 Å². The number of para-hydroxylation sites is 1. The summed E-state index contributed by atoms with van der Waals surface area (Å²) in [5.74, 6) is 1.45. The molecule has 0 fully saturated rings. The van der Waals surface area contributed by atoms with Gasteiger partial charge in [-0.05, 0) is 42.2 Å². The second-order valence-corrected chi connectivity index (χ2v) is 5.05. The number of nitrogens with two attached hydrogens (primary N) is 1. The van der Waals surface area contributed by atoms with E-state index in [1.807, 2.05) is 30.3 Å². The molecule has 0 radical (unpaired) electrons. The second-order valence-electron chi connectivity index (χ2n) is 5.05. The predicted molar refractivity (Wildman–Crippen MR) is 88.5 cm³/mol. The molecule has 23 heavy (non-hydrogen) atoms. The number of hydrogen-bond acceptors (Lipinski definition) is 4. The third kappa shape index (κ3) is 3.74. The molecule has 0 aliphatic rings. The first-order valence-corrected chi connectivity index (χ1v) is 7.27. The molecule has 0 heterocycles. The average molecular weight is 315 g/mol. The van der Waals surface area contributed by atoms with Crippen molar-refractivity contribution in [1.82, 2.24) is 0 Å². The van der Waals surface area contributed by atoms with Gasteiger partial charge in [-0.3, -0.25) is 4.79 Å². The van der Waals surface area contributed by atoms with Crippen LogP contribution >= 0.6 is 0 Å². The first-order valence-electron chi connectivity index (χ1n) is 7.27. The molecule has 0 aliphatic heterocycles. The molecule has 0 atom stereocenters. The highest BCUT2D eigenvalue weighted by Gasteiger charge is 2.13. The predicted octanol–water partition coefficient (Wildman–Crippen LogP) is 2.60. The Labute approximate surface area is 136 Å². The summed E-state index contributed by atoms with van der Waals surface area (Å²) in [5.41, 5.74) is 7.84. The third-order valence-corrected chi connectivity index (χ3v) is 3.70. The van der Waals surface area contributed by atoms with Gasteiger partial charge in [0.25, 0.3) is 5.91 Å². The van der Waals surface area contributed by atoms with Crippen LogP contribution in [0.4, 0.5) is 0 Å². The lowest BCUT2D eigenvalue weighted by molar-refractivity contribution is 0.0997. The quantitative estimate of drug-likeness (QED) is 0.852. The van der Waals surface area contributed by atoms with Crippen LogP contribution in [0.25, 0.3) is 0 Å². The van der Waals surface area contributed by atoms with Crippen molar-refractivity contribution in [3.8, 4) is 17.2 Å². The zero-order valence-corrected chi connectivity index (χ0v) is 13.6. The molecule has 1 amide bonds. The molecule has 2 aromatic rings. The molecule has 2 rings (SSSR count). The fourth-order valence-electron chi connectivity index (χ4n) is 2.53. The van der Waals surface area contributed by atoms with E-state index in [1.165, 1.54) is 0 Å². The van der Waals surface area contributed by atoms with Gasteiger partial charge in [-0.1, -0.05) is 18.2 Å². The summed E-state index contributed by atoms with van der Waals surface area (Å²) >= 11 is 0. The van der Waals surface area contributed by atoms with Crippen molar-refractivity contribution < 1.29 is 19.0 Å². The summed E-state index contributed by atoms with van der Waals surface area (Å²) < 4.78 is 15.9. The highest BCUT2D eigenvalue weighted by molar-refractivity contribution is 5.96. The summed E-state index contributed by atoms with van der Waals surface area (Å²) in [5, 5.41) is 0. The van der Waals surface area contributed by atoms with Crippen molar-refractivity contribution in [3.05, 3.63) is 53.1 Å². The van der Waals surface area contributed by atoms with Gasteiger partial charge >= 0.3 is 0 Å². The van der Waals surface area contributed by atoms with Crippen LogP contribution in [-0.2, 0) is 12.8 Å². The normalized spacial score (nSPS) is 10.2. The maximum absolute atomic E-state index is 11.5. The van der Waals surface area contributed by atoms with E-state index >= 15 is 0 Å². The number of carbonyl (C=O) groups excluding carboxylic acids is 1. The number of ether oxygens (including phenoxy) is 3. The van der Waals surface area contributed by atoms with Crippen LogP contribution in [0.2, 0.25) is 0 Å². The molecule has 0 spiro atoms. The van der Waals surface area contributed by atoms with Gasteiger partial charge in [0, 0.05) is 0 Å². The van der Waals surface area contributed by atoms with E-state index in [-0.39, 0.29) is 0 Å². The van der Waals surface area contributed by atoms with Crippen LogP contribution < -0.4 is 19.9 Å². The summed E-state index contributed by atoms with van der Waals surface area (Å²) in [4.78, 5) is 11.5. The molecule has 0 aliphatic carbocycles. The van der Waals surface area contributed by atoms with E-state index in [2.05, 4.69) is 0 Å². The minimum atomic E-state index is -0.491. The van der Waals surface area contributed by atoms with E-state index in [9.17, 15) is 4.79 Å². The molecule has 0 aromatic heterocycles. The molecule has 122 valence electrons. The Balaban J connectivity index is 2.21. The van der Waals surface area contributed by atoms with Gasteiger partial charge in [0.1, 0.15) is 5.75 Å². The van der Waals surface area contributed by atoms with Gasteiger partial charge in [0.05, 0.1) is 26.9 Å². The Hall–Kier alpha value is -2.69. The molecule has 2 aromatic carbocycles. The van der Waals surface area contributed by atoms with Crippen LogP contribution in [-0.4, -0.2) is 27.2 Å². The minimum Gasteiger partial charge on any atom is -0.496 e. The lowest BCUT2D eigenvalue weighted by Gasteiger charge is -2.13. The zero-order chi connectivity index (χ0) is 16.8. The third-order valence-electron chi connectivity index (χ3n) is 3.70. The number of methoxy groups -OCH3 is 3. The lowest BCUT2D eigenvalue weighted by Crippen LogP contribution is -2.13. The SMILES string of the molecule is COc1ccc(CCc2cccc(C(N)=O)c2OC)cc1OC. The van der Waals surface area contributed by atoms with Crippen LogP contribution in [0.1, 0.15) is 21.5 Å². The van der Waals surface area contributed by atoms with E-state index in [0.717, 1.165) is 24.0 Å². The van der Waals surface area contributed by atoms with Crippen LogP contribution in [0.3, 0.4) is 0 Å². The topological polar surface area (TPSA) is 70.8 Å². The van der Waals surface area contributed by atoms with Crippen LogP contribution in [0.5, 0.6) is 17.2 Å². The standard InChI is InChI=1S/C18H21NO4/c1-21-15-10-8-12(11-16(15)22-2)7-9-13-5-4-6-14(18(19)20)17(13)23-3/h4-6,8,10-11H,7,9H2,1-3H3,(H2,19,20). The minimum absolute atomic E-state index is 0.400. The van der Waals surface area contributed by atoms with Gasteiger partial charge in [-0.2, -0.15) is 0 Å². The molecule has 0 bridgehead atoms. The number of rotatable bonds is 7. The number of primary amides is 1. The van der Waals surface area contributed by atoms with Crippen molar-refractivity contribution in [2.45, 2.75) is 12.8 Å². The maximum Gasteiger partial charge on any atom is 0.252 e. The van der Waals surface area contributed by atoms with Gasteiger partial charge in [0.2, 0.25) is 0 Å². The van der Waals surface area contributed by atoms with E-state index in [1.54, 1.807) is 27.4 Å². The molecular weight excluding hydrogens is 294 g/mol. The molecule has 0 unspecified atom stereocenters.